The van der Waals surface area contributed by atoms with Gasteiger partial charge in [-0.3, -0.25) is 9.69 Å². The molecule has 2 atom stereocenters. The first-order valence-corrected chi connectivity index (χ1v) is 18.2. The number of alkyl carbamates (subject to hydrolysis) is 1. The van der Waals surface area contributed by atoms with Crippen molar-refractivity contribution in [3.8, 4) is 34.4 Å². The summed E-state index contributed by atoms with van der Waals surface area (Å²) >= 11 is 0. The average molecular weight is 720 g/mol. The van der Waals surface area contributed by atoms with Gasteiger partial charge in [-0.25, -0.2) is 14.8 Å². The zero-order valence-corrected chi connectivity index (χ0v) is 32.0. The van der Waals surface area contributed by atoms with Crippen molar-refractivity contribution in [2.45, 2.75) is 66.0 Å². The number of H-pyrrole nitrogens is 2. The van der Waals surface area contributed by atoms with E-state index in [0.717, 1.165) is 59.1 Å². The Bertz CT molecular complexity index is 1850. The second-order valence-corrected chi connectivity index (χ2v) is 14.2. The number of hydrogen-bond donors (Lipinski definition) is 3. The van der Waals surface area contributed by atoms with E-state index in [-0.39, 0.29) is 11.8 Å². The Hall–Kier alpha value is -5.47. The molecule has 2 aromatic heterocycles. The Morgan fingerprint density at radius 3 is 2.11 bits per heavy atom. The van der Waals surface area contributed by atoms with Gasteiger partial charge < -0.3 is 29.7 Å². The lowest BCUT2D eigenvalue weighted by Gasteiger charge is -2.16. The molecule has 2 amide bonds. The highest BCUT2D eigenvalue weighted by Gasteiger charge is 2.25. The second-order valence-electron chi connectivity index (χ2n) is 14.2. The smallest absolute Gasteiger partial charge is 0.407 e. The van der Waals surface area contributed by atoms with E-state index in [4.69, 9.17) is 0 Å². The van der Waals surface area contributed by atoms with E-state index in [1.807, 2.05) is 43.3 Å². The Balaban J connectivity index is 0.000000225. The number of aldehydes is 1. The molecule has 1 fully saturated rings. The number of benzene rings is 2. The van der Waals surface area contributed by atoms with Crippen LogP contribution in [0.1, 0.15) is 76.9 Å². The number of aromatic amines is 2. The maximum absolute atomic E-state index is 11.5. The molecule has 0 bridgehead atoms. The summed E-state index contributed by atoms with van der Waals surface area (Å²) in [6.45, 7) is 12.7. The lowest BCUT2D eigenvalue weighted by Crippen LogP contribution is -2.39. The number of methoxy groups -OCH3 is 1. The first kappa shape index (κ1) is 40.3. The van der Waals surface area contributed by atoms with Gasteiger partial charge in [-0.15, -0.1) is 0 Å². The van der Waals surface area contributed by atoms with E-state index < -0.39 is 12.1 Å². The van der Waals surface area contributed by atoms with Crippen LogP contribution in [0.3, 0.4) is 0 Å². The predicted octanol–water partition coefficient (Wildman–Crippen LogP) is 7.02. The fraction of sp³-hybridized carbons (Fsp3) is 0.405. The largest absolute Gasteiger partial charge is 0.453 e. The van der Waals surface area contributed by atoms with Gasteiger partial charge in [-0.2, -0.15) is 0 Å². The number of amides is 2. The molecule has 0 spiro atoms. The van der Waals surface area contributed by atoms with Crippen LogP contribution < -0.4 is 5.32 Å². The molecule has 4 aromatic rings. The highest BCUT2D eigenvalue weighted by Crippen LogP contribution is 2.30. The summed E-state index contributed by atoms with van der Waals surface area (Å²) in [6.07, 6.45) is 10.8. The standard InChI is InChI=1S/C25H23N5.C10H17NO.C7H13NO3/c1-30-14-2-3-24(30)25-27-16-23(29-25)21-12-8-19(9-13-21)5-4-18-6-10-20(11-7-18)22-15-26-17-28-22;1-8(2)6-10(12)11-5-4-9(3)7-11;1-5(2)6(4-9)8-7(10)11-3/h6-13,15-17,24H,2-3,14H2,1H3,(H,26,28)(H,27,29);4,8H,5-7H2,1-3H3;4-6H,1-3H3,(H,8,10). The van der Waals surface area contributed by atoms with Gasteiger partial charge >= 0.3 is 6.09 Å². The van der Waals surface area contributed by atoms with Gasteiger partial charge in [0.25, 0.3) is 0 Å². The number of carbonyl (C=O) groups excluding carboxylic acids is 3. The minimum Gasteiger partial charge on any atom is -0.453 e. The minimum absolute atomic E-state index is 0.0894. The second kappa shape index (κ2) is 20.0. The summed E-state index contributed by atoms with van der Waals surface area (Å²) in [5, 5.41) is 2.39. The number of carbonyl (C=O) groups is 3. The normalized spacial score (nSPS) is 15.7. The molecular weight excluding hydrogens is 667 g/mol. The molecule has 4 heterocycles. The summed E-state index contributed by atoms with van der Waals surface area (Å²) in [5.74, 6) is 8.40. The number of hydrogen-bond acceptors (Lipinski definition) is 7. The molecule has 0 aliphatic carbocycles. The average Bonchev–Trinajstić information content (AvgIpc) is 3.99. The number of nitrogens with one attached hydrogen (secondary N) is 3. The lowest BCUT2D eigenvalue weighted by atomic mass is 10.1. The number of nitrogens with zero attached hydrogens (tertiary/aromatic N) is 4. The van der Waals surface area contributed by atoms with Crippen LogP contribution in [0.5, 0.6) is 0 Å². The molecule has 2 aliphatic heterocycles. The van der Waals surface area contributed by atoms with E-state index in [9.17, 15) is 14.4 Å². The van der Waals surface area contributed by atoms with E-state index in [1.165, 1.54) is 25.5 Å². The SMILES string of the molecule is CC1=CCN(C(=O)CC(C)C)C1.CN1CCCC1c1ncc(-c2ccc(C#Cc3ccc(-c4cnc[nH]4)cc3)cc2)[nH]1.COC(=O)NC(C=O)C(C)C. The van der Waals surface area contributed by atoms with Crippen LogP contribution in [-0.2, 0) is 14.3 Å². The summed E-state index contributed by atoms with van der Waals surface area (Å²) in [4.78, 5) is 52.0. The molecule has 11 heteroatoms. The molecule has 2 aliphatic rings. The molecular formula is C42H53N7O4. The summed E-state index contributed by atoms with van der Waals surface area (Å²) in [6, 6.07) is 16.4. The molecule has 2 aromatic carbocycles. The van der Waals surface area contributed by atoms with Crippen LogP contribution >= 0.6 is 0 Å². The third-order valence-electron chi connectivity index (χ3n) is 9.04. The first-order chi connectivity index (χ1) is 25.5. The maximum atomic E-state index is 11.5. The van der Waals surface area contributed by atoms with E-state index in [2.05, 4.69) is 117 Å². The molecule has 0 radical (unpaired) electrons. The van der Waals surface area contributed by atoms with Crippen molar-refractivity contribution in [3.05, 3.63) is 95.9 Å². The van der Waals surface area contributed by atoms with Crippen molar-refractivity contribution >= 4 is 18.3 Å². The van der Waals surface area contributed by atoms with Crippen LogP contribution in [0.2, 0.25) is 0 Å². The maximum Gasteiger partial charge on any atom is 0.407 e. The Kier molecular flexibility index (Phi) is 15.2. The molecule has 2 unspecified atom stereocenters. The quantitative estimate of drug-likeness (QED) is 0.101. The van der Waals surface area contributed by atoms with Gasteiger partial charge in [0, 0.05) is 30.6 Å². The van der Waals surface area contributed by atoms with Gasteiger partial charge in [0.1, 0.15) is 12.1 Å². The van der Waals surface area contributed by atoms with Crippen LogP contribution in [0, 0.1) is 23.7 Å². The Morgan fingerprint density at radius 2 is 1.64 bits per heavy atom. The third-order valence-corrected chi connectivity index (χ3v) is 9.04. The van der Waals surface area contributed by atoms with Crippen LogP contribution in [0.25, 0.3) is 22.5 Å². The molecule has 6 rings (SSSR count). The van der Waals surface area contributed by atoms with Crippen molar-refractivity contribution in [1.29, 1.82) is 0 Å². The summed E-state index contributed by atoms with van der Waals surface area (Å²) < 4.78 is 4.32. The van der Waals surface area contributed by atoms with E-state index >= 15 is 0 Å². The van der Waals surface area contributed by atoms with Gasteiger partial charge in [-0.05, 0) is 80.6 Å². The van der Waals surface area contributed by atoms with Gasteiger partial charge in [0.2, 0.25) is 5.91 Å². The van der Waals surface area contributed by atoms with Crippen molar-refractivity contribution in [2.24, 2.45) is 11.8 Å². The number of imidazole rings is 2. The number of likely N-dealkylation sites (tertiary alicyclic amines) is 1. The predicted molar refractivity (Wildman–Crippen MR) is 209 cm³/mol. The summed E-state index contributed by atoms with van der Waals surface area (Å²) in [7, 11) is 3.43. The topological polar surface area (TPSA) is 136 Å². The van der Waals surface area contributed by atoms with Gasteiger partial charge in [-0.1, -0.05) is 75.5 Å². The Labute approximate surface area is 313 Å². The lowest BCUT2D eigenvalue weighted by molar-refractivity contribution is -0.130. The molecule has 1 saturated heterocycles. The monoisotopic (exact) mass is 719 g/mol. The molecule has 280 valence electrons. The van der Waals surface area contributed by atoms with Crippen molar-refractivity contribution in [3.63, 3.8) is 0 Å². The number of aromatic nitrogens is 4. The third kappa shape index (κ3) is 12.3. The van der Waals surface area contributed by atoms with Crippen molar-refractivity contribution in [1.82, 2.24) is 35.1 Å². The highest BCUT2D eigenvalue weighted by molar-refractivity contribution is 5.77. The van der Waals surface area contributed by atoms with Crippen LogP contribution in [-0.4, -0.2) is 87.9 Å². The fourth-order valence-electron chi connectivity index (χ4n) is 5.85. The highest BCUT2D eigenvalue weighted by atomic mass is 16.5. The first-order valence-electron chi connectivity index (χ1n) is 18.2. The number of ether oxygens (including phenoxy) is 1. The zero-order valence-electron chi connectivity index (χ0n) is 32.0. The fourth-order valence-corrected chi connectivity index (χ4v) is 5.85. The van der Waals surface area contributed by atoms with Crippen LogP contribution in [0.4, 0.5) is 4.79 Å². The molecule has 0 saturated carbocycles. The molecule has 11 nitrogen and oxygen atoms in total. The zero-order chi connectivity index (χ0) is 38.3. The number of rotatable bonds is 8. The van der Waals surface area contributed by atoms with Gasteiger partial charge in [0.15, 0.2) is 0 Å². The Morgan fingerprint density at radius 1 is 1.00 bits per heavy atom. The van der Waals surface area contributed by atoms with E-state index in [0.29, 0.717) is 24.7 Å². The summed E-state index contributed by atoms with van der Waals surface area (Å²) in [5.41, 5.74) is 7.58. The van der Waals surface area contributed by atoms with Crippen LogP contribution in [0.15, 0.2) is 78.9 Å². The van der Waals surface area contributed by atoms with Crippen molar-refractivity contribution in [2.75, 3.05) is 33.8 Å². The molecule has 3 N–H and O–H groups in total. The van der Waals surface area contributed by atoms with Gasteiger partial charge in [0.05, 0.1) is 49.3 Å². The minimum atomic E-state index is -0.573. The van der Waals surface area contributed by atoms with E-state index in [1.54, 1.807) is 6.33 Å². The molecule has 53 heavy (non-hydrogen) atoms. The van der Waals surface area contributed by atoms with Crippen molar-refractivity contribution < 1.29 is 19.1 Å².